The maximum atomic E-state index is 12.6. The molecule has 34 heavy (non-hydrogen) atoms. The third kappa shape index (κ3) is 7.24. The van der Waals surface area contributed by atoms with Gasteiger partial charge in [0.1, 0.15) is 11.5 Å². The molecule has 3 rings (SSSR count). The minimum atomic E-state index is -3.45. The lowest BCUT2D eigenvalue weighted by atomic mass is 10.1. The van der Waals surface area contributed by atoms with Gasteiger partial charge in [0.25, 0.3) is 11.8 Å². The van der Waals surface area contributed by atoms with Crippen molar-refractivity contribution in [2.75, 3.05) is 35.3 Å². The average molecular weight is 484 g/mol. The van der Waals surface area contributed by atoms with Crippen molar-refractivity contribution in [2.24, 2.45) is 0 Å². The van der Waals surface area contributed by atoms with Crippen LogP contribution in [0, 0.1) is 6.92 Å². The largest absolute Gasteiger partial charge is 0.497 e. The molecule has 0 bridgehead atoms. The summed E-state index contributed by atoms with van der Waals surface area (Å²) in [7, 11) is -1.90. The van der Waals surface area contributed by atoms with Crippen molar-refractivity contribution in [3.63, 3.8) is 0 Å². The van der Waals surface area contributed by atoms with E-state index in [1.807, 2.05) is 0 Å². The van der Waals surface area contributed by atoms with Gasteiger partial charge in [-0.1, -0.05) is 12.1 Å². The Morgan fingerprint density at radius 1 is 0.882 bits per heavy atom. The van der Waals surface area contributed by atoms with Crippen molar-refractivity contribution < 1.29 is 27.5 Å². The molecule has 10 heteroatoms. The van der Waals surface area contributed by atoms with Crippen LogP contribution in [0.1, 0.15) is 15.9 Å². The fourth-order valence-corrected chi connectivity index (χ4v) is 3.58. The van der Waals surface area contributed by atoms with Gasteiger partial charge in [-0.3, -0.25) is 14.3 Å². The lowest BCUT2D eigenvalue weighted by Gasteiger charge is -2.12. The number of hydrogen-bond acceptors (Lipinski definition) is 6. The number of amides is 2. The van der Waals surface area contributed by atoms with Gasteiger partial charge in [0, 0.05) is 23.0 Å². The van der Waals surface area contributed by atoms with E-state index in [9.17, 15) is 18.0 Å². The molecule has 0 spiro atoms. The number of methoxy groups -OCH3 is 1. The van der Waals surface area contributed by atoms with Crippen LogP contribution in [0.4, 0.5) is 17.1 Å². The minimum absolute atomic E-state index is 0.206. The zero-order chi connectivity index (χ0) is 24.7. The van der Waals surface area contributed by atoms with Gasteiger partial charge in [-0.15, -0.1) is 0 Å². The van der Waals surface area contributed by atoms with Gasteiger partial charge in [0.05, 0.1) is 19.1 Å². The smallest absolute Gasteiger partial charge is 0.262 e. The lowest BCUT2D eigenvalue weighted by Crippen LogP contribution is -2.20. The lowest BCUT2D eigenvalue weighted by molar-refractivity contribution is -0.118. The first-order chi connectivity index (χ1) is 16.1. The highest BCUT2D eigenvalue weighted by molar-refractivity contribution is 7.92. The molecule has 3 N–H and O–H groups in total. The van der Waals surface area contributed by atoms with Crippen LogP contribution in [-0.4, -0.2) is 40.2 Å². The highest BCUT2D eigenvalue weighted by Crippen LogP contribution is 2.22. The predicted molar refractivity (Wildman–Crippen MR) is 131 cm³/mol. The summed E-state index contributed by atoms with van der Waals surface area (Å²) in [5, 5.41) is 5.44. The average Bonchev–Trinajstić information content (AvgIpc) is 2.79. The van der Waals surface area contributed by atoms with Crippen molar-refractivity contribution in [1.29, 1.82) is 0 Å². The quantitative estimate of drug-likeness (QED) is 0.427. The molecule has 0 aliphatic rings. The van der Waals surface area contributed by atoms with E-state index in [-0.39, 0.29) is 18.4 Å². The second kappa shape index (κ2) is 10.7. The molecule has 0 atom stereocenters. The van der Waals surface area contributed by atoms with Crippen molar-refractivity contribution in [1.82, 2.24) is 0 Å². The molecule has 0 aromatic heterocycles. The third-order valence-corrected chi connectivity index (χ3v) is 5.22. The second-order valence-corrected chi connectivity index (χ2v) is 9.20. The number of benzene rings is 3. The van der Waals surface area contributed by atoms with Crippen LogP contribution < -0.4 is 24.8 Å². The van der Waals surface area contributed by atoms with Gasteiger partial charge in [-0.25, -0.2) is 8.42 Å². The summed E-state index contributed by atoms with van der Waals surface area (Å²) in [6.07, 6.45) is 1.06. The maximum absolute atomic E-state index is 12.6. The molecule has 0 saturated carbocycles. The molecule has 2 amide bonds. The minimum Gasteiger partial charge on any atom is -0.497 e. The highest BCUT2D eigenvalue weighted by atomic mass is 32.2. The Balaban J connectivity index is 1.56. The summed E-state index contributed by atoms with van der Waals surface area (Å²) in [4.78, 5) is 24.7. The first-order valence-corrected chi connectivity index (χ1v) is 12.1. The normalized spacial score (nSPS) is 10.8. The molecule has 3 aromatic rings. The molecule has 178 valence electrons. The molecule has 9 nitrogen and oxygen atoms in total. The first kappa shape index (κ1) is 24.6. The van der Waals surface area contributed by atoms with E-state index in [4.69, 9.17) is 9.47 Å². The summed E-state index contributed by atoms with van der Waals surface area (Å²) in [6, 6.07) is 18.2. The zero-order valence-electron chi connectivity index (χ0n) is 18.9. The van der Waals surface area contributed by atoms with Crippen molar-refractivity contribution in [3.05, 3.63) is 77.9 Å². The molecule has 0 radical (unpaired) electrons. The Bertz CT molecular complexity index is 1290. The van der Waals surface area contributed by atoms with E-state index in [2.05, 4.69) is 15.4 Å². The standard InChI is InChI=1S/C24H25N3O6S/c1-16-7-10-19(14-22(16)27-34(3,30)31)26-24(29)17-8-11-20(12-9-17)33-15-23(28)25-18-5-4-6-21(13-18)32-2/h4-14,27H,15H2,1-3H3,(H,25,28)(H,26,29). The van der Waals surface area contributed by atoms with Crippen molar-refractivity contribution >= 4 is 38.9 Å². The summed E-state index contributed by atoms with van der Waals surface area (Å²) >= 11 is 0. The molecule has 0 unspecified atom stereocenters. The van der Waals surface area contributed by atoms with E-state index in [0.29, 0.717) is 34.1 Å². The van der Waals surface area contributed by atoms with E-state index < -0.39 is 10.0 Å². The number of ether oxygens (including phenoxy) is 2. The van der Waals surface area contributed by atoms with Gasteiger partial charge in [0.2, 0.25) is 10.0 Å². The van der Waals surface area contributed by atoms with Gasteiger partial charge < -0.3 is 20.1 Å². The fourth-order valence-electron chi connectivity index (χ4n) is 2.96. The Morgan fingerprint density at radius 2 is 1.59 bits per heavy atom. The second-order valence-electron chi connectivity index (χ2n) is 7.45. The number of aryl methyl sites for hydroxylation is 1. The first-order valence-electron chi connectivity index (χ1n) is 10.2. The monoisotopic (exact) mass is 483 g/mol. The van der Waals surface area contributed by atoms with Crippen LogP contribution in [0.2, 0.25) is 0 Å². The van der Waals surface area contributed by atoms with Gasteiger partial charge in [0.15, 0.2) is 6.61 Å². The third-order valence-electron chi connectivity index (χ3n) is 4.63. The number of anilines is 3. The van der Waals surface area contributed by atoms with Crippen LogP contribution in [0.15, 0.2) is 66.7 Å². The molecule has 0 fully saturated rings. The summed E-state index contributed by atoms with van der Waals surface area (Å²) in [6.45, 7) is 1.55. The van der Waals surface area contributed by atoms with Crippen molar-refractivity contribution in [2.45, 2.75) is 6.92 Å². The number of carbonyl (C=O) groups is 2. The van der Waals surface area contributed by atoms with Gasteiger partial charge in [-0.05, 0) is 61.0 Å². The number of nitrogens with one attached hydrogen (secondary N) is 3. The van der Waals surface area contributed by atoms with Crippen molar-refractivity contribution in [3.8, 4) is 11.5 Å². The molecular weight excluding hydrogens is 458 g/mol. The molecule has 0 aliphatic heterocycles. The van der Waals surface area contributed by atoms with E-state index >= 15 is 0 Å². The zero-order valence-corrected chi connectivity index (χ0v) is 19.7. The predicted octanol–water partition coefficient (Wildman–Crippen LogP) is 3.64. The number of sulfonamides is 1. The Labute approximate surface area is 198 Å². The Morgan fingerprint density at radius 3 is 2.26 bits per heavy atom. The SMILES string of the molecule is COc1cccc(NC(=O)COc2ccc(C(=O)Nc3ccc(C)c(NS(C)(=O)=O)c3)cc2)c1. The van der Waals surface area contributed by atoms with Crippen LogP contribution in [0.25, 0.3) is 0 Å². The van der Waals surface area contributed by atoms with Crippen LogP contribution in [0.3, 0.4) is 0 Å². The number of carbonyl (C=O) groups excluding carboxylic acids is 2. The van der Waals surface area contributed by atoms with Crippen LogP contribution in [-0.2, 0) is 14.8 Å². The summed E-state index contributed by atoms with van der Waals surface area (Å²) in [5.41, 5.74) is 2.50. The van der Waals surface area contributed by atoms with Gasteiger partial charge >= 0.3 is 0 Å². The van der Waals surface area contributed by atoms with Crippen LogP contribution in [0.5, 0.6) is 11.5 Å². The summed E-state index contributed by atoms with van der Waals surface area (Å²) in [5.74, 6) is 0.331. The Hall–Kier alpha value is -4.05. The molecule has 0 saturated heterocycles. The molecule has 0 heterocycles. The highest BCUT2D eigenvalue weighted by Gasteiger charge is 2.11. The van der Waals surface area contributed by atoms with E-state index in [1.165, 1.54) is 0 Å². The summed E-state index contributed by atoms with van der Waals surface area (Å²) < 4.78 is 36.1. The fraction of sp³-hybridized carbons (Fsp3) is 0.167. The number of rotatable bonds is 9. The molecule has 3 aromatic carbocycles. The molecular formula is C24H25N3O6S. The van der Waals surface area contributed by atoms with Crippen LogP contribution >= 0.6 is 0 Å². The maximum Gasteiger partial charge on any atom is 0.262 e. The molecule has 0 aliphatic carbocycles. The number of hydrogen-bond donors (Lipinski definition) is 3. The Kier molecular flexibility index (Phi) is 7.75. The van der Waals surface area contributed by atoms with E-state index in [0.717, 1.165) is 11.8 Å². The van der Waals surface area contributed by atoms with E-state index in [1.54, 1.807) is 80.8 Å². The topological polar surface area (TPSA) is 123 Å². The van der Waals surface area contributed by atoms with Gasteiger partial charge in [-0.2, -0.15) is 0 Å².